The monoisotopic (exact) mass is 422 g/mol. The zero-order chi connectivity index (χ0) is 21.8. The molecular formula is C23H26N4O4. The Morgan fingerprint density at radius 2 is 1.77 bits per heavy atom. The number of hydrogen-bond acceptors (Lipinski definition) is 5. The summed E-state index contributed by atoms with van der Waals surface area (Å²) in [6, 6.07) is 12.3. The highest BCUT2D eigenvalue weighted by Gasteiger charge is 2.21. The molecule has 4 rings (SSSR count). The van der Waals surface area contributed by atoms with Crippen LogP contribution in [-0.2, 0) is 6.54 Å². The van der Waals surface area contributed by atoms with Crippen molar-refractivity contribution in [3.8, 4) is 11.5 Å². The molecule has 2 amide bonds. The van der Waals surface area contributed by atoms with Crippen LogP contribution in [0.15, 0.2) is 47.3 Å². The molecule has 0 spiro atoms. The predicted molar refractivity (Wildman–Crippen MR) is 119 cm³/mol. The molecule has 162 valence electrons. The first kappa shape index (κ1) is 20.7. The third kappa shape index (κ3) is 4.33. The molecule has 2 aromatic carbocycles. The van der Waals surface area contributed by atoms with Crippen LogP contribution in [0.1, 0.15) is 37.4 Å². The van der Waals surface area contributed by atoms with Crippen LogP contribution in [0.2, 0.25) is 0 Å². The Bertz CT molecular complexity index is 1150. The molecule has 0 bridgehead atoms. The van der Waals surface area contributed by atoms with Crippen molar-refractivity contribution in [3.63, 3.8) is 0 Å². The van der Waals surface area contributed by atoms with Crippen molar-refractivity contribution in [2.75, 3.05) is 19.5 Å². The summed E-state index contributed by atoms with van der Waals surface area (Å²) >= 11 is 0. The lowest BCUT2D eigenvalue weighted by molar-refractivity contribution is 0.251. The minimum Gasteiger partial charge on any atom is -0.493 e. The van der Waals surface area contributed by atoms with E-state index in [-0.39, 0.29) is 24.2 Å². The number of nitrogens with one attached hydrogen (secondary N) is 2. The number of aromatic nitrogens is 2. The Hall–Kier alpha value is -3.55. The second-order valence-corrected chi connectivity index (χ2v) is 7.56. The molecule has 1 heterocycles. The molecule has 1 saturated carbocycles. The van der Waals surface area contributed by atoms with Gasteiger partial charge >= 0.3 is 6.03 Å². The van der Waals surface area contributed by atoms with Gasteiger partial charge in [0.2, 0.25) is 0 Å². The number of amides is 2. The molecule has 0 unspecified atom stereocenters. The van der Waals surface area contributed by atoms with Gasteiger partial charge < -0.3 is 20.1 Å². The van der Waals surface area contributed by atoms with Crippen LogP contribution >= 0.6 is 0 Å². The van der Waals surface area contributed by atoms with Crippen LogP contribution < -0.4 is 25.7 Å². The number of hydrogen-bond donors (Lipinski definition) is 2. The first-order valence-corrected chi connectivity index (χ1v) is 10.4. The molecule has 2 N–H and O–H groups in total. The third-order valence-corrected chi connectivity index (χ3v) is 5.63. The number of nitrogens with zero attached hydrogens (tertiary/aromatic N) is 2. The Morgan fingerprint density at radius 3 is 2.48 bits per heavy atom. The molecule has 0 radical (unpaired) electrons. The maximum atomic E-state index is 12.9. The highest BCUT2D eigenvalue weighted by atomic mass is 16.5. The van der Waals surface area contributed by atoms with E-state index in [1.54, 1.807) is 30.0 Å². The van der Waals surface area contributed by atoms with E-state index < -0.39 is 0 Å². The van der Waals surface area contributed by atoms with E-state index in [0.717, 1.165) is 31.1 Å². The van der Waals surface area contributed by atoms with Gasteiger partial charge in [-0.15, -0.1) is 0 Å². The fourth-order valence-electron chi connectivity index (χ4n) is 4.05. The molecule has 0 saturated heterocycles. The van der Waals surface area contributed by atoms with Gasteiger partial charge in [0, 0.05) is 17.1 Å². The molecule has 0 aliphatic heterocycles. The standard InChI is InChI=1S/C23H26N4O4/c1-30-20-12-11-15(13-21(20)31-2)25-23(29)24-14-19-17-9-5-6-10-18(17)22(28)27(26-19)16-7-3-4-8-16/h5-6,9-13,16H,3-4,7-8,14H2,1-2H3,(H2,24,25,29). The quantitative estimate of drug-likeness (QED) is 0.629. The number of anilines is 1. The smallest absolute Gasteiger partial charge is 0.319 e. The molecule has 3 aromatic rings. The van der Waals surface area contributed by atoms with E-state index in [9.17, 15) is 9.59 Å². The Labute approximate surface area is 180 Å². The van der Waals surface area contributed by atoms with Crippen LogP contribution in [-0.4, -0.2) is 30.0 Å². The average Bonchev–Trinajstić information content (AvgIpc) is 3.33. The zero-order valence-corrected chi connectivity index (χ0v) is 17.7. The Balaban J connectivity index is 1.54. The number of ether oxygens (including phenoxy) is 2. The zero-order valence-electron chi connectivity index (χ0n) is 17.7. The molecular weight excluding hydrogens is 396 g/mol. The largest absolute Gasteiger partial charge is 0.493 e. The minimum atomic E-state index is -0.378. The molecule has 1 fully saturated rings. The molecule has 8 heteroatoms. The fraction of sp³-hybridized carbons (Fsp3) is 0.348. The summed E-state index contributed by atoms with van der Waals surface area (Å²) < 4.78 is 12.1. The maximum absolute atomic E-state index is 12.9. The van der Waals surface area contributed by atoms with E-state index in [1.807, 2.05) is 24.3 Å². The predicted octanol–water partition coefficient (Wildman–Crippen LogP) is 3.85. The second kappa shape index (κ2) is 9.07. The SMILES string of the molecule is COc1ccc(NC(=O)NCc2nn(C3CCCC3)c(=O)c3ccccc23)cc1OC. The molecule has 8 nitrogen and oxygen atoms in total. The van der Waals surface area contributed by atoms with Gasteiger partial charge in [0.15, 0.2) is 11.5 Å². The topological polar surface area (TPSA) is 94.5 Å². The molecule has 1 aliphatic rings. The van der Waals surface area contributed by atoms with Crippen LogP contribution in [0, 0.1) is 0 Å². The average molecular weight is 422 g/mol. The Kier molecular flexibility index (Phi) is 6.06. The highest BCUT2D eigenvalue weighted by molar-refractivity contribution is 5.90. The lowest BCUT2D eigenvalue weighted by Crippen LogP contribution is -2.32. The number of rotatable bonds is 6. The number of carbonyl (C=O) groups excluding carboxylic acids is 1. The van der Waals surface area contributed by atoms with E-state index in [4.69, 9.17) is 9.47 Å². The van der Waals surface area contributed by atoms with Gasteiger partial charge in [-0.2, -0.15) is 5.10 Å². The Morgan fingerprint density at radius 1 is 1.06 bits per heavy atom. The fourth-order valence-corrected chi connectivity index (χ4v) is 4.05. The summed E-state index contributed by atoms with van der Waals surface area (Å²) in [5.41, 5.74) is 1.18. The lowest BCUT2D eigenvalue weighted by atomic mass is 10.1. The summed E-state index contributed by atoms with van der Waals surface area (Å²) in [6.07, 6.45) is 4.12. The van der Waals surface area contributed by atoms with Crippen molar-refractivity contribution in [2.45, 2.75) is 38.3 Å². The summed E-state index contributed by atoms with van der Waals surface area (Å²) in [4.78, 5) is 25.4. The highest BCUT2D eigenvalue weighted by Crippen LogP contribution is 2.30. The first-order chi connectivity index (χ1) is 15.1. The number of methoxy groups -OCH3 is 2. The van der Waals surface area contributed by atoms with Crippen molar-refractivity contribution < 1.29 is 14.3 Å². The summed E-state index contributed by atoms with van der Waals surface area (Å²) in [5, 5.41) is 11.6. The van der Waals surface area contributed by atoms with E-state index in [1.165, 1.54) is 7.11 Å². The number of benzene rings is 2. The van der Waals surface area contributed by atoms with Crippen molar-refractivity contribution >= 4 is 22.5 Å². The number of carbonyl (C=O) groups is 1. The molecule has 1 aliphatic carbocycles. The van der Waals surface area contributed by atoms with Crippen LogP contribution in [0.5, 0.6) is 11.5 Å². The minimum absolute atomic E-state index is 0.0685. The molecule has 0 atom stereocenters. The van der Waals surface area contributed by atoms with Gasteiger partial charge in [-0.05, 0) is 31.0 Å². The van der Waals surface area contributed by atoms with Crippen LogP contribution in [0.3, 0.4) is 0 Å². The maximum Gasteiger partial charge on any atom is 0.319 e. The van der Waals surface area contributed by atoms with Gasteiger partial charge in [-0.3, -0.25) is 4.79 Å². The van der Waals surface area contributed by atoms with Crippen molar-refractivity contribution in [1.29, 1.82) is 0 Å². The molecule has 1 aromatic heterocycles. The summed E-state index contributed by atoms with van der Waals surface area (Å²) in [6.45, 7) is 0.201. The normalized spacial score (nSPS) is 13.9. The van der Waals surface area contributed by atoms with Crippen LogP contribution in [0.25, 0.3) is 10.8 Å². The summed E-state index contributed by atoms with van der Waals surface area (Å²) in [5.74, 6) is 1.11. The van der Waals surface area contributed by atoms with E-state index in [0.29, 0.717) is 28.3 Å². The number of fused-ring (bicyclic) bond motifs is 1. The van der Waals surface area contributed by atoms with Crippen LogP contribution in [0.4, 0.5) is 10.5 Å². The van der Waals surface area contributed by atoms with E-state index in [2.05, 4.69) is 15.7 Å². The van der Waals surface area contributed by atoms with Crippen molar-refractivity contribution in [1.82, 2.24) is 15.1 Å². The van der Waals surface area contributed by atoms with Gasteiger partial charge in [0.1, 0.15) is 0 Å². The summed E-state index contributed by atoms with van der Waals surface area (Å²) in [7, 11) is 3.10. The second-order valence-electron chi connectivity index (χ2n) is 7.56. The van der Waals surface area contributed by atoms with Gasteiger partial charge in [0.25, 0.3) is 5.56 Å². The van der Waals surface area contributed by atoms with Crippen molar-refractivity contribution in [2.24, 2.45) is 0 Å². The first-order valence-electron chi connectivity index (χ1n) is 10.4. The molecule has 31 heavy (non-hydrogen) atoms. The van der Waals surface area contributed by atoms with Crippen molar-refractivity contribution in [3.05, 3.63) is 58.5 Å². The van der Waals surface area contributed by atoms with Gasteiger partial charge in [-0.1, -0.05) is 31.0 Å². The van der Waals surface area contributed by atoms with Gasteiger partial charge in [-0.25, -0.2) is 9.48 Å². The lowest BCUT2D eigenvalue weighted by Gasteiger charge is -2.16. The number of urea groups is 1. The third-order valence-electron chi connectivity index (χ3n) is 5.63. The van der Waals surface area contributed by atoms with Gasteiger partial charge in [0.05, 0.1) is 37.9 Å². The van der Waals surface area contributed by atoms with E-state index >= 15 is 0 Å².